The Morgan fingerprint density at radius 1 is 1.21 bits per heavy atom. The smallest absolute Gasteiger partial charge is 0.244 e. The highest BCUT2D eigenvalue weighted by Gasteiger charge is 2.34. The molecule has 2 aromatic rings. The Kier molecular flexibility index (Phi) is 6.26. The third kappa shape index (κ3) is 4.47. The molecule has 6 nitrogen and oxygen atoms in total. The largest absolute Gasteiger partial charge is 0.326 e. The van der Waals surface area contributed by atoms with Crippen molar-refractivity contribution < 1.29 is 13.2 Å². The van der Waals surface area contributed by atoms with E-state index in [9.17, 15) is 13.2 Å². The molecular formula is C19H17Cl2N3O3S. The predicted molar refractivity (Wildman–Crippen MR) is 108 cm³/mol. The van der Waals surface area contributed by atoms with Gasteiger partial charge in [-0.05, 0) is 49.2 Å². The van der Waals surface area contributed by atoms with Crippen LogP contribution >= 0.6 is 23.2 Å². The third-order valence-corrected chi connectivity index (χ3v) is 7.11. The lowest BCUT2D eigenvalue weighted by Gasteiger charge is -2.31. The van der Waals surface area contributed by atoms with E-state index in [1.165, 1.54) is 22.5 Å². The highest BCUT2D eigenvalue weighted by molar-refractivity contribution is 7.89. The van der Waals surface area contributed by atoms with Gasteiger partial charge in [-0.2, -0.15) is 9.57 Å². The first-order valence-corrected chi connectivity index (χ1v) is 10.8. The zero-order valence-electron chi connectivity index (χ0n) is 14.7. The summed E-state index contributed by atoms with van der Waals surface area (Å²) in [6.07, 6.45) is 1.12. The number of hydrogen-bond donors (Lipinski definition) is 1. The van der Waals surface area contributed by atoms with Gasteiger partial charge >= 0.3 is 0 Å². The van der Waals surface area contributed by atoms with E-state index in [-0.39, 0.29) is 27.4 Å². The van der Waals surface area contributed by atoms with Crippen molar-refractivity contribution in [3.63, 3.8) is 0 Å². The van der Waals surface area contributed by atoms with E-state index in [4.69, 9.17) is 28.5 Å². The molecule has 0 spiro atoms. The summed E-state index contributed by atoms with van der Waals surface area (Å²) in [4.78, 5) is 12.6. The van der Waals surface area contributed by atoms with E-state index in [0.717, 1.165) is 0 Å². The van der Waals surface area contributed by atoms with Crippen molar-refractivity contribution in [3.8, 4) is 6.07 Å². The molecule has 28 heavy (non-hydrogen) atoms. The number of halogens is 2. The molecule has 1 N–H and O–H groups in total. The fourth-order valence-corrected chi connectivity index (χ4v) is 5.36. The third-order valence-electron chi connectivity index (χ3n) is 4.53. The lowest BCUT2D eigenvalue weighted by atomic mass is 9.98. The second-order valence-corrected chi connectivity index (χ2v) is 9.21. The molecule has 0 radical (unpaired) electrons. The molecule has 1 aliphatic heterocycles. The van der Waals surface area contributed by atoms with Crippen LogP contribution in [0.1, 0.15) is 18.4 Å². The molecule has 1 amide bonds. The molecule has 146 valence electrons. The average molecular weight is 438 g/mol. The van der Waals surface area contributed by atoms with E-state index in [0.29, 0.717) is 30.6 Å². The second-order valence-electron chi connectivity index (χ2n) is 6.46. The number of carbonyl (C=O) groups excluding carboxylic acids is 1. The van der Waals surface area contributed by atoms with Crippen LogP contribution in [-0.4, -0.2) is 31.7 Å². The topological polar surface area (TPSA) is 90.3 Å². The summed E-state index contributed by atoms with van der Waals surface area (Å²) in [7, 11) is -3.87. The van der Waals surface area contributed by atoms with Crippen LogP contribution in [0, 0.1) is 17.2 Å². The molecule has 1 heterocycles. The monoisotopic (exact) mass is 437 g/mol. The summed E-state index contributed by atoms with van der Waals surface area (Å²) in [5, 5.41) is 12.1. The Hall–Kier alpha value is -2.11. The molecule has 1 aliphatic rings. The first kappa shape index (κ1) is 20.6. The number of nitrogens with one attached hydrogen (secondary N) is 1. The standard InChI is InChI=1S/C19H17Cl2N3O3S/c20-15-6-7-17(21)18(10-15)28(26,27)24-8-2-4-14(12-24)19(25)23-16-5-1-3-13(9-16)11-22/h1,3,5-7,9-10,14H,2,4,8,12H2,(H,23,25). The summed E-state index contributed by atoms with van der Waals surface area (Å²) in [5.74, 6) is -0.792. The molecule has 1 atom stereocenters. The molecule has 0 aliphatic carbocycles. The summed E-state index contributed by atoms with van der Waals surface area (Å²) >= 11 is 12.0. The number of piperidine rings is 1. The number of carbonyl (C=O) groups is 1. The average Bonchev–Trinajstić information content (AvgIpc) is 2.70. The van der Waals surface area contributed by atoms with E-state index >= 15 is 0 Å². The van der Waals surface area contributed by atoms with E-state index in [2.05, 4.69) is 5.32 Å². The molecule has 9 heteroatoms. The number of rotatable bonds is 4. The van der Waals surface area contributed by atoms with Gasteiger partial charge in [0.1, 0.15) is 4.90 Å². The van der Waals surface area contributed by atoms with Gasteiger partial charge in [-0.1, -0.05) is 29.3 Å². The van der Waals surface area contributed by atoms with Gasteiger partial charge in [0, 0.05) is 23.8 Å². The van der Waals surface area contributed by atoms with Crippen molar-refractivity contribution >= 4 is 44.8 Å². The van der Waals surface area contributed by atoms with Crippen LogP contribution in [0.4, 0.5) is 5.69 Å². The summed E-state index contributed by atoms with van der Waals surface area (Å²) in [6.45, 7) is 0.355. The number of amides is 1. The molecule has 0 aromatic heterocycles. The highest BCUT2D eigenvalue weighted by atomic mass is 35.5. The van der Waals surface area contributed by atoms with E-state index in [1.54, 1.807) is 24.3 Å². The van der Waals surface area contributed by atoms with Crippen molar-refractivity contribution in [1.29, 1.82) is 5.26 Å². The Morgan fingerprint density at radius 2 is 2.00 bits per heavy atom. The zero-order chi connectivity index (χ0) is 20.3. The number of nitriles is 1. The van der Waals surface area contributed by atoms with Crippen molar-refractivity contribution in [2.24, 2.45) is 5.92 Å². The van der Waals surface area contributed by atoms with E-state index < -0.39 is 15.9 Å². The van der Waals surface area contributed by atoms with E-state index in [1.807, 2.05) is 6.07 Å². The maximum atomic E-state index is 13.0. The molecular weight excluding hydrogens is 421 g/mol. The molecule has 2 aromatic carbocycles. The molecule has 1 unspecified atom stereocenters. The highest BCUT2D eigenvalue weighted by Crippen LogP contribution is 2.30. The second kappa shape index (κ2) is 8.50. The van der Waals surface area contributed by atoms with Gasteiger partial charge in [0.15, 0.2) is 0 Å². The SMILES string of the molecule is N#Cc1cccc(NC(=O)C2CCCN(S(=O)(=O)c3cc(Cl)ccc3Cl)C2)c1. The maximum absolute atomic E-state index is 13.0. The lowest BCUT2D eigenvalue weighted by Crippen LogP contribution is -2.43. The molecule has 0 saturated carbocycles. The number of nitrogens with zero attached hydrogens (tertiary/aromatic N) is 2. The van der Waals surface area contributed by atoms with Crippen LogP contribution < -0.4 is 5.32 Å². The molecule has 1 fully saturated rings. The first-order valence-electron chi connectivity index (χ1n) is 8.57. The van der Waals surface area contributed by atoms with Gasteiger partial charge < -0.3 is 5.32 Å². The van der Waals surface area contributed by atoms with Crippen LogP contribution in [0.15, 0.2) is 47.4 Å². The minimum atomic E-state index is -3.87. The fraction of sp³-hybridized carbons (Fsp3) is 0.263. The normalized spacial score (nSPS) is 17.7. The Balaban J connectivity index is 1.77. The number of anilines is 1. The van der Waals surface area contributed by atoms with Gasteiger partial charge in [0.25, 0.3) is 0 Å². The molecule has 1 saturated heterocycles. The Bertz CT molecular complexity index is 1050. The zero-order valence-corrected chi connectivity index (χ0v) is 17.1. The first-order chi connectivity index (χ1) is 13.3. The Morgan fingerprint density at radius 3 is 2.75 bits per heavy atom. The minimum Gasteiger partial charge on any atom is -0.326 e. The fourth-order valence-electron chi connectivity index (χ4n) is 3.10. The van der Waals surface area contributed by atoms with Gasteiger partial charge in [0.2, 0.25) is 15.9 Å². The van der Waals surface area contributed by atoms with Gasteiger partial charge in [0.05, 0.1) is 22.6 Å². The van der Waals surface area contributed by atoms with Crippen LogP contribution in [0.3, 0.4) is 0 Å². The van der Waals surface area contributed by atoms with Crippen molar-refractivity contribution in [3.05, 3.63) is 58.1 Å². The summed E-state index contributed by atoms with van der Waals surface area (Å²) < 4.78 is 27.2. The molecule has 0 bridgehead atoms. The molecule has 3 rings (SSSR count). The Labute approximate surface area is 173 Å². The van der Waals surface area contributed by atoms with Crippen LogP contribution in [0.2, 0.25) is 10.0 Å². The van der Waals surface area contributed by atoms with Crippen molar-refractivity contribution in [2.75, 3.05) is 18.4 Å². The van der Waals surface area contributed by atoms with Gasteiger partial charge in [-0.15, -0.1) is 0 Å². The van der Waals surface area contributed by atoms with Crippen LogP contribution in [0.5, 0.6) is 0 Å². The van der Waals surface area contributed by atoms with Crippen LogP contribution in [0.25, 0.3) is 0 Å². The maximum Gasteiger partial charge on any atom is 0.244 e. The van der Waals surface area contributed by atoms with Crippen LogP contribution in [-0.2, 0) is 14.8 Å². The summed E-state index contributed by atoms with van der Waals surface area (Å²) in [6, 6.07) is 12.8. The lowest BCUT2D eigenvalue weighted by molar-refractivity contribution is -0.120. The minimum absolute atomic E-state index is 0.0505. The van der Waals surface area contributed by atoms with Crippen molar-refractivity contribution in [2.45, 2.75) is 17.7 Å². The quantitative estimate of drug-likeness (QED) is 0.784. The summed E-state index contributed by atoms with van der Waals surface area (Å²) in [5.41, 5.74) is 0.933. The van der Waals surface area contributed by atoms with Gasteiger partial charge in [-0.3, -0.25) is 4.79 Å². The number of sulfonamides is 1. The van der Waals surface area contributed by atoms with Crippen molar-refractivity contribution in [1.82, 2.24) is 4.31 Å². The van der Waals surface area contributed by atoms with Gasteiger partial charge in [-0.25, -0.2) is 8.42 Å². The number of hydrogen-bond acceptors (Lipinski definition) is 4. The number of benzene rings is 2. The predicted octanol–water partition coefficient (Wildman–Crippen LogP) is 3.90.